The molecule has 1 heterocycles. The number of rotatable bonds is 2. The summed E-state index contributed by atoms with van der Waals surface area (Å²) in [5, 5.41) is 2.66. The van der Waals surface area contributed by atoms with Gasteiger partial charge in [-0.25, -0.2) is 13.6 Å². The quantitative estimate of drug-likeness (QED) is 0.741. The first-order chi connectivity index (χ1) is 11.6. The van der Waals surface area contributed by atoms with Gasteiger partial charge >= 0.3 is 6.09 Å². The number of hydrogen-bond acceptors (Lipinski definition) is 3. The van der Waals surface area contributed by atoms with Gasteiger partial charge in [0.05, 0.1) is 10.0 Å². The van der Waals surface area contributed by atoms with Crippen molar-refractivity contribution in [2.45, 2.75) is 45.3 Å². The van der Waals surface area contributed by atoms with Crippen LogP contribution in [0.25, 0.3) is 0 Å². The van der Waals surface area contributed by atoms with Crippen molar-refractivity contribution < 1.29 is 23.1 Å². The van der Waals surface area contributed by atoms with Gasteiger partial charge in [0.1, 0.15) is 5.60 Å². The molecule has 2 rings (SSSR count). The molecule has 1 aromatic rings. The van der Waals surface area contributed by atoms with Gasteiger partial charge in [0.15, 0.2) is 11.6 Å². The largest absolute Gasteiger partial charge is 0.444 e. The Labute approximate surface area is 153 Å². The van der Waals surface area contributed by atoms with E-state index in [1.807, 2.05) is 0 Å². The number of benzene rings is 1. The fourth-order valence-electron chi connectivity index (χ4n) is 2.55. The highest BCUT2D eigenvalue weighted by Gasteiger charge is 2.29. The van der Waals surface area contributed by atoms with Gasteiger partial charge in [-0.2, -0.15) is 0 Å². The number of nitrogens with zero attached hydrogens (tertiary/aromatic N) is 1. The molecule has 25 heavy (non-hydrogen) atoms. The van der Waals surface area contributed by atoms with E-state index >= 15 is 0 Å². The fraction of sp³-hybridized carbons (Fsp3) is 0.529. The number of halogens is 3. The predicted molar refractivity (Wildman–Crippen MR) is 92.4 cm³/mol. The molecule has 1 saturated heterocycles. The number of piperidine rings is 1. The van der Waals surface area contributed by atoms with E-state index in [4.69, 9.17) is 4.74 Å². The van der Waals surface area contributed by atoms with Crippen molar-refractivity contribution in [2.24, 2.45) is 0 Å². The second-order valence-electron chi connectivity index (χ2n) is 6.96. The maximum Gasteiger partial charge on any atom is 0.410 e. The number of carbonyl (C=O) groups excluding carboxylic acids is 2. The summed E-state index contributed by atoms with van der Waals surface area (Å²) in [4.78, 5) is 25.9. The Hall–Kier alpha value is -1.70. The van der Waals surface area contributed by atoms with Crippen LogP contribution < -0.4 is 5.32 Å². The van der Waals surface area contributed by atoms with E-state index in [-0.39, 0.29) is 22.6 Å². The maximum absolute atomic E-state index is 13.9. The lowest BCUT2D eigenvalue weighted by Crippen LogP contribution is -2.50. The lowest BCUT2D eigenvalue weighted by atomic mass is 10.1. The van der Waals surface area contributed by atoms with Crippen molar-refractivity contribution in [2.75, 3.05) is 13.1 Å². The minimum Gasteiger partial charge on any atom is -0.444 e. The van der Waals surface area contributed by atoms with Gasteiger partial charge in [-0.1, -0.05) is 0 Å². The molecule has 0 aliphatic carbocycles. The van der Waals surface area contributed by atoms with Crippen LogP contribution in [-0.4, -0.2) is 41.6 Å². The zero-order valence-electron chi connectivity index (χ0n) is 14.4. The van der Waals surface area contributed by atoms with Gasteiger partial charge in [0, 0.05) is 19.1 Å². The van der Waals surface area contributed by atoms with Crippen LogP contribution in [0, 0.1) is 11.6 Å². The van der Waals surface area contributed by atoms with Gasteiger partial charge in [-0.3, -0.25) is 4.79 Å². The second kappa shape index (κ2) is 7.68. The van der Waals surface area contributed by atoms with Crippen LogP contribution in [0.3, 0.4) is 0 Å². The molecule has 0 spiro atoms. The Morgan fingerprint density at radius 1 is 1.28 bits per heavy atom. The van der Waals surface area contributed by atoms with Crippen molar-refractivity contribution in [1.82, 2.24) is 10.2 Å². The molecule has 0 radical (unpaired) electrons. The van der Waals surface area contributed by atoms with Crippen LogP contribution in [0.4, 0.5) is 13.6 Å². The van der Waals surface area contributed by atoms with Crippen LogP contribution in [0.2, 0.25) is 0 Å². The third-order valence-electron chi connectivity index (χ3n) is 3.69. The van der Waals surface area contributed by atoms with Crippen LogP contribution >= 0.6 is 15.9 Å². The summed E-state index contributed by atoms with van der Waals surface area (Å²) in [5.41, 5.74) is -0.971. The lowest BCUT2D eigenvalue weighted by Gasteiger charge is -2.34. The van der Waals surface area contributed by atoms with Crippen LogP contribution in [0.1, 0.15) is 44.0 Å². The number of nitrogens with one attached hydrogen (secondary N) is 1. The minimum absolute atomic E-state index is 0.0460. The summed E-state index contributed by atoms with van der Waals surface area (Å²) in [5.74, 6) is -3.02. The molecule has 1 N–H and O–H groups in total. The lowest BCUT2D eigenvalue weighted by molar-refractivity contribution is 0.0185. The van der Waals surface area contributed by atoms with E-state index < -0.39 is 29.2 Å². The van der Waals surface area contributed by atoms with E-state index in [0.717, 1.165) is 0 Å². The number of amides is 2. The standard InChI is InChI=1S/C17H21BrF2N2O3/c1-17(2,3)25-16(24)22-8-4-5-10(9-22)21-15(23)11-6-7-12(18)14(20)13(11)19/h6-7,10H,4-5,8-9H2,1-3H3,(H,21,23). The van der Waals surface area contributed by atoms with Crippen LogP contribution in [-0.2, 0) is 4.74 Å². The highest BCUT2D eigenvalue weighted by Crippen LogP contribution is 2.21. The number of hydrogen-bond donors (Lipinski definition) is 1. The van der Waals surface area contributed by atoms with Crippen molar-refractivity contribution in [1.29, 1.82) is 0 Å². The first-order valence-electron chi connectivity index (χ1n) is 8.01. The Morgan fingerprint density at radius 3 is 2.60 bits per heavy atom. The number of likely N-dealkylation sites (tertiary alicyclic amines) is 1. The first kappa shape index (κ1) is 19.6. The summed E-state index contributed by atoms with van der Waals surface area (Å²) in [6, 6.07) is 2.15. The van der Waals surface area contributed by atoms with Gasteiger partial charge < -0.3 is 15.0 Å². The highest BCUT2D eigenvalue weighted by molar-refractivity contribution is 9.10. The van der Waals surface area contributed by atoms with E-state index in [1.54, 1.807) is 20.8 Å². The summed E-state index contributed by atoms with van der Waals surface area (Å²) in [6.45, 7) is 6.13. The van der Waals surface area contributed by atoms with Gasteiger partial charge in [-0.05, 0) is 61.7 Å². The van der Waals surface area contributed by atoms with E-state index in [9.17, 15) is 18.4 Å². The van der Waals surface area contributed by atoms with Gasteiger partial charge in [0.2, 0.25) is 0 Å². The van der Waals surface area contributed by atoms with Crippen molar-refractivity contribution in [3.8, 4) is 0 Å². The van der Waals surface area contributed by atoms with Gasteiger partial charge in [-0.15, -0.1) is 0 Å². The molecule has 2 amide bonds. The molecule has 1 atom stereocenters. The van der Waals surface area contributed by atoms with E-state index in [0.29, 0.717) is 19.4 Å². The second-order valence-corrected chi connectivity index (χ2v) is 7.82. The third-order valence-corrected chi connectivity index (χ3v) is 4.30. The third kappa shape index (κ3) is 5.14. The Kier molecular flexibility index (Phi) is 6.03. The molecule has 1 aliphatic heterocycles. The summed E-state index contributed by atoms with van der Waals surface area (Å²) >= 11 is 2.87. The molecule has 1 unspecified atom stereocenters. The summed E-state index contributed by atoms with van der Waals surface area (Å²) < 4.78 is 32.8. The maximum atomic E-state index is 13.9. The fourth-order valence-corrected chi connectivity index (χ4v) is 2.86. The SMILES string of the molecule is CC(C)(C)OC(=O)N1CCCC(NC(=O)c2ccc(Br)c(F)c2F)C1. The van der Waals surface area contributed by atoms with Crippen molar-refractivity contribution in [3.05, 3.63) is 33.8 Å². The molecular formula is C17H21BrF2N2O3. The molecule has 1 fully saturated rings. The number of ether oxygens (including phenoxy) is 1. The monoisotopic (exact) mass is 418 g/mol. The topological polar surface area (TPSA) is 58.6 Å². The molecule has 1 aromatic carbocycles. The van der Waals surface area contributed by atoms with Crippen molar-refractivity contribution >= 4 is 27.9 Å². The Morgan fingerprint density at radius 2 is 1.96 bits per heavy atom. The normalized spacial score (nSPS) is 18.0. The van der Waals surface area contributed by atoms with Crippen LogP contribution in [0.15, 0.2) is 16.6 Å². The summed E-state index contributed by atoms with van der Waals surface area (Å²) in [6.07, 6.45) is 0.875. The Bertz CT molecular complexity index is 677. The molecule has 0 bridgehead atoms. The minimum atomic E-state index is -1.20. The molecule has 0 saturated carbocycles. The molecule has 0 aromatic heterocycles. The molecular weight excluding hydrogens is 398 g/mol. The van der Waals surface area contributed by atoms with Crippen LogP contribution in [0.5, 0.6) is 0 Å². The number of carbonyl (C=O) groups is 2. The zero-order valence-corrected chi connectivity index (χ0v) is 16.0. The van der Waals surface area contributed by atoms with E-state index in [2.05, 4.69) is 21.2 Å². The summed E-state index contributed by atoms with van der Waals surface area (Å²) in [7, 11) is 0. The molecule has 1 aliphatic rings. The molecule has 5 nitrogen and oxygen atoms in total. The molecule has 8 heteroatoms. The average molecular weight is 419 g/mol. The molecule has 138 valence electrons. The zero-order chi connectivity index (χ0) is 18.8. The first-order valence-corrected chi connectivity index (χ1v) is 8.80. The Balaban J connectivity index is 2.02. The smallest absolute Gasteiger partial charge is 0.410 e. The average Bonchev–Trinajstić information content (AvgIpc) is 2.51. The highest BCUT2D eigenvalue weighted by atomic mass is 79.9. The predicted octanol–water partition coefficient (Wildman–Crippen LogP) is 3.86. The van der Waals surface area contributed by atoms with Gasteiger partial charge in [0.25, 0.3) is 5.91 Å². The van der Waals surface area contributed by atoms with E-state index in [1.165, 1.54) is 17.0 Å². The van der Waals surface area contributed by atoms with Crippen molar-refractivity contribution in [3.63, 3.8) is 0 Å².